The molecule has 3 aromatic rings. The Morgan fingerprint density at radius 1 is 1.14 bits per heavy atom. The van der Waals surface area contributed by atoms with E-state index >= 15 is 0 Å². The zero-order valence-corrected chi connectivity index (χ0v) is 13.1. The number of hydrogen-bond acceptors (Lipinski definition) is 3. The summed E-state index contributed by atoms with van der Waals surface area (Å²) in [5.74, 6) is 0.731. The Kier molecular flexibility index (Phi) is 4.88. The highest BCUT2D eigenvalue weighted by molar-refractivity contribution is 5.85. The number of aromatic nitrogens is 4. The number of imidazole rings is 1. The molecular weight excluding hydrogens is 303 g/mol. The van der Waals surface area contributed by atoms with Crippen molar-refractivity contribution in [2.75, 3.05) is 0 Å². The average molecular weight is 319 g/mol. The van der Waals surface area contributed by atoms with E-state index in [0.717, 1.165) is 22.6 Å². The Bertz CT molecular complexity index is 785. The Morgan fingerprint density at radius 2 is 1.95 bits per heavy atom. The zero-order chi connectivity index (χ0) is 14.8. The van der Waals surface area contributed by atoms with Crippen LogP contribution in [0, 0.1) is 19.7 Å². The normalized spacial score (nSPS) is 10.3. The van der Waals surface area contributed by atoms with Crippen molar-refractivity contribution < 1.29 is 4.39 Å². The van der Waals surface area contributed by atoms with Crippen LogP contribution in [-0.4, -0.2) is 19.7 Å². The molecule has 0 aliphatic heterocycles. The second kappa shape index (κ2) is 6.66. The number of halogens is 2. The van der Waals surface area contributed by atoms with Gasteiger partial charge >= 0.3 is 0 Å². The third kappa shape index (κ3) is 3.31. The number of nitrogens with zero attached hydrogens (tertiary/aromatic N) is 4. The molecule has 0 saturated heterocycles. The summed E-state index contributed by atoms with van der Waals surface area (Å²) in [4.78, 5) is 4.19. The molecule has 0 amide bonds. The van der Waals surface area contributed by atoms with Crippen LogP contribution in [0.25, 0.3) is 11.1 Å². The molecule has 0 aliphatic carbocycles. The first-order chi connectivity index (χ1) is 10.1. The summed E-state index contributed by atoms with van der Waals surface area (Å²) in [6.45, 7) is 4.32. The Morgan fingerprint density at radius 3 is 2.64 bits per heavy atom. The van der Waals surface area contributed by atoms with E-state index in [1.54, 1.807) is 25.4 Å². The number of benzene rings is 1. The van der Waals surface area contributed by atoms with Gasteiger partial charge in [0.15, 0.2) is 0 Å². The van der Waals surface area contributed by atoms with Gasteiger partial charge in [-0.2, -0.15) is 10.2 Å². The van der Waals surface area contributed by atoms with Crippen molar-refractivity contribution in [2.24, 2.45) is 0 Å². The molecule has 6 heteroatoms. The van der Waals surface area contributed by atoms with Crippen LogP contribution < -0.4 is 0 Å². The summed E-state index contributed by atoms with van der Waals surface area (Å²) in [5.41, 5.74) is 3.33. The lowest BCUT2D eigenvalue weighted by Gasteiger charge is -2.07. The van der Waals surface area contributed by atoms with Gasteiger partial charge in [-0.15, -0.1) is 12.4 Å². The minimum absolute atomic E-state index is 0. The maximum atomic E-state index is 13.4. The topological polar surface area (TPSA) is 43.6 Å². The molecule has 0 aliphatic rings. The van der Waals surface area contributed by atoms with E-state index in [0.29, 0.717) is 12.1 Å². The molecule has 0 radical (unpaired) electrons. The van der Waals surface area contributed by atoms with E-state index in [-0.39, 0.29) is 18.2 Å². The van der Waals surface area contributed by atoms with Crippen molar-refractivity contribution in [2.45, 2.75) is 20.4 Å². The van der Waals surface area contributed by atoms with E-state index in [9.17, 15) is 4.39 Å². The second-order valence-electron chi connectivity index (χ2n) is 5.00. The van der Waals surface area contributed by atoms with Crippen LogP contribution >= 0.6 is 12.4 Å². The zero-order valence-electron chi connectivity index (χ0n) is 12.3. The van der Waals surface area contributed by atoms with Gasteiger partial charge < -0.3 is 4.57 Å². The van der Waals surface area contributed by atoms with E-state index in [1.807, 2.05) is 29.8 Å². The Hall–Kier alpha value is -2.27. The molecular formula is C16H16ClFN4. The maximum absolute atomic E-state index is 13.4. The van der Waals surface area contributed by atoms with Crippen LogP contribution in [0.5, 0.6) is 0 Å². The highest BCUT2D eigenvalue weighted by Crippen LogP contribution is 2.21. The monoisotopic (exact) mass is 318 g/mol. The summed E-state index contributed by atoms with van der Waals surface area (Å²) < 4.78 is 15.4. The van der Waals surface area contributed by atoms with Gasteiger partial charge in [0.25, 0.3) is 0 Å². The molecule has 0 unspecified atom stereocenters. The Labute approximate surface area is 134 Å². The molecule has 2 heterocycles. The molecule has 0 saturated carbocycles. The molecule has 2 aromatic heterocycles. The SMILES string of the molecule is Cc1cc(-c2cnnc(Cn3ccnc3C)c2)ccc1F.Cl. The summed E-state index contributed by atoms with van der Waals surface area (Å²) in [5, 5.41) is 8.19. The van der Waals surface area contributed by atoms with Gasteiger partial charge in [-0.1, -0.05) is 6.07 Å². The first kappa shape index (κ1) is 16.1. The Balaban J connectivity index is 0.00000176. The molecule has 0 bridgehead atoms. The lowest BCUT2D eigenvalue weighted by atomic mass is 10.0. The van der Waals surface area contributed by atoms with Gasteiger partial charge in [0.2, 0.25) is 0 Å². The van der Waals surface area contributed by atoms with Crippen LogP contribution in [0.1, 0.15) is 17.1 Å². The van der Waals surface area contributed by atoms with Crippen molar-refractivity contribution in [3.8, 4) is 11.1 Å². The molecule has 114 valence electrons. The van der Waals surface area contributed by atoms with Crippen LogP contribution in [-0.2, 0) is 6.54 Å². The van der Waals surface area contributed by atoms with Gasteiger partial charge in [0.1, 0.15) is 11.6 Å². The molecule has 1 aromatic carbocycles. The van der Waals surface area contributed by atoms with Crippen molar-refractivity contribution in [1.29, 1.82) is 0 Å². The van der Waals surface area contributed by atoms with E-state index in [4.69, 9.17) is 0 Å². The van der Waals surface area contributed by atoms with Gasteiger partial charge in [-0.05, 0) is 43.2 Å². The summed E-state index contributed by atoms with van der Waals surface area (Å²) >= 11 is 0. The predicted octanol–water partition coefficient (Wildman–Crippen LogP) is 3.57. The molecule has 4 nitrogen and oxygen atoms in total. The molecule has 3 rings (SSSR count). The highest BCUT2D eigenvalue weighted by Gasteiger charge is 2.06. The fraction of sp³-hybridized carbons (Fsp3) is 0.188. The predicted molar refractivity (Wildman–Crippen MR) is 85.5 cm³/mol. The summed E-state index contributed by atoms with van der Waals surface area (Å²) in [6.07, 6.45) is 5.36. The van der Waals surface area contributed by atoms with Crippen molar-refractivity contribution in [3.05, 3.63) is 65.8 Å². The van der Waals surface area contributed by atoms with E-state index < -0.39 is 0 Å². The third-order valence-electron chi connectivity index (χ3n) is 3.45. The van der Waals surface area contributed by atoms with Gasteiger partial charge in [-0.25, -0.2) is 9.37 Å². The number of hydrogen-bond donors (Lipinski definition) is 0. The van der Waals surface area contributed by atoms with Crippen molar-refractivity contribution in [3.63, 3.8) is 0 Å². The lowest BCUT2D eigenvalue weighted by molar-refractivity contribution is 0.619. The average Bonchev–Trinajstić information content (AvgIpc) is 2.88. The fourth-order valence-electron chi connectivity index (χ4n) is 2.22. The largest absolute Gasteiger partial charge is 0.329 e. The summed E-state index contributed by atoms with van der Waals surface area (Å²) in [6, 6.07) is 7.02. The molecule has 0 atom stereocenters. The molecule has 0 N–H and O–H groups in total. The van der Waals surface area contributed by atoms with Gasteiger partial charge in [-0.3, -0.25) is 0 Å². The van der Waals surface area contributed by atoms with Gasteiger partial charge in [0.05, 0.1) is 18.4 Å². The quantitative estimate of drug-likeness (QED) is 0.741. The van der Waals surface area contributed by atoms with Crippen molar-refractivity contribution >= 4 is 12.4 Å². The van der Waals surface area contributed by atoms with Crippen LogP contribution in [0.15, 0.2) is 42.9 Å². The molecule has 22 heavy (non-hydrogen) atoms. The van der Waals surface area contributed by atoms with Gasteiger partial charge in [0, 0.05) is 18.0 Å². The molecule has 0 fully saturated rings. The van der Waals surface area contributed by atoms with Crippen LogP contribution in [0.4, 0.5) is 4.39 Å². The van der Waals surface area contributed by atoms with Crippen molar-refractivity contribution in [1.82, 2.24) is 19.7 Å². The maximum Gasteiger partial charge on any atom is 0.126 e. The summed E-state index contributed by atoms with van der Waals surface area (Å²) in [7, 11) is 0. The first-order valence-corrected chi connectivity index (χ1v) is 6.69. The lowest BCUT2D eigenvalue weighted by Crippen LogP contribution is -2.04. The van der Waals surface area contributed by atoms with Crippen LogP contribution in [0.2, 0.25) is 0 Å². The molecule has 0 spiro atoms. The van der Waals surface area contributed by atoms with Crippen LogP contribution in [0.3, 0.4) is 0 Å². The number of aryl methyl sites for hydroxylation is 2. The minimum atomic E-state index is -0.199. The second-order valence-corrected chi connectivity index (χ2v) is 5.00. The van der Waals surface area contributed by atoms with E-state index in [1.165, 1.54) is 6.07 Å². The third-order valence-corrected chi connectivity index (χ3v) is 3.45. The fourth-order valence-corrected chi connectivity index (χ4v) is 2.22. The first-order valence-electron chi connectivity index (χ1n) is 6.69. The minimum Gasteiger partial charge on any atom is -0.329 e. The highest BCUT2D eigenvalue weighted by atomic mass is 35.5. The standard InChI is InChI=1S/C16H15FN4.ClH/c1-11-7-13(3-4-16(11)17)14-8-15(20-19-9-14)10-21-6-5-18-12(21)2;/h3-9H,10H2,1-2H3;1H. The van der Waals surface area contributed by atoms with E-state index in [2.05, 4.69) is 15.2 Å². The smallest absolute Gasteiger partial charge is 0.126 e. The number of rotatable bonds is 3.